The van der Waals surface area contributed by atoms with Crippen LogP contribution < -0.4 is 4.74 Å². The average molecular weight is 225 g/mol. The minimum Gasteiger partial charge on any atom is -0.480 e. The first kappa shape index (κ1) is 11.4. The van der Waals surface area contributed by atoms with Crippen LogP contribution in [0, 0.1) is 12.3 Å². The Balaban J connectivity index is 3.04. The average Bonchev–Trinajstić information content (AvgIpc) is 2.26. The smallest absolute Gasteiger partial charge is 0.341 e. The highest BCUT2D eigenvalue weighted by Crippen LogP contribution is 2.23. The van der Waals surface area contributed by atoms with Crippen LogP contribution >= 0.6 is 11.6 Å². The second kappa shape index (κ2) is 5.28. The molecular weight excluding hydrogens is 216 g/mol. The molecule has 1 aromatic carbocycles. The van der Waals surface area contributed by atoms with Crippen molar-refractivity contribution in [3.05, 3.63) is 28.8 Å². The van der Waals surface area contributed by atoms with E-state index in [2.05, 4.69) is 10.7 Å². The molecule has 0 saturated heterocycles. The Labute approximate surface area is 92.9 Å². The van der Waals surface area contributed by atoms with Gasteiger partial charge >= 0.3 is 5.97 Å². The van der Waals surface area contributed by atoms with Crippen LogP contribution in [0.4, 0.5) is 0 Å². The number of halogens is 1. The fourth-order valence-corrected chi connectivity index (χ4v) is 1.19. The first-order valence-electron chi connectivity index (χ1n) is 4.13. The molecule has 4 heteroatoms. The summed E-state index contributed by atoms with van der Waals surface area (Å²) in [6, 6.07) is 4.66. The van der Waals surface area contributed by atoms with Gasteiger partial charge in [-0.1, -0.05) is 17.5 Å². The second-order valence-corrected chi connectivity index (χ2v) is 3.06. The fourth-order valence-electron chi connectivity index (χ4n) is 1.02. The van der Waals surface area contributed by atoms with E-state index in [1.165, 1.54) is 13.2 Å². The lowest BCUT2D eigenvalue weighted by Gasteiger charge is -2.07. The molecule has 0 saturated carbocycles. The maximum Gasteiger partial charge on any atom is 0.341 e. The van der Waals surface area contributed by atoms with Crippen molar-refractivity contribution in [1.29, 1.82) is 0 Å². The SMILES string of the molecule is C#CCOc1ccc(Cl)cc1C(=O)OC. The monoisotopic (exact) mass is 224 g/mol. The van der Waals surface area contributed by atoms with Crippen LogP contribution in [0.3, 0.4) is 0 Å². The van der Waals surface area contributed by atoms with E-state index in [4.69, 9.17) is 22.8 Å². The summed E-state index contributed by atoms with van der Waals surface area (Å²) in [6.45, 7) is 0.0889. The summed E-state index contributed by atoms with van der Waals surface area (Å²) >= 11 is 5.75. The normalized spacial score (nSPS) is 9.13. The molecule has 1 aromatic rings. The van der Waals surface area contributed by atoms with E-state index in [0.29, 0.717) is 10.8 Å². The maximum absolute atomic E-state index is 11.3. The van der Waals surface area contributed by atoms with Crippen molar-refractivity contribution >= 4 is 17.6 Å². The number of hydrogen-bond donors (Lipinski definition) is 0. The molecule has 0 unspecified atom stereocenters. The van der Waals surface area contributed by atoms with E-state index in [-0.39, 0.29) is 12.2 Å². The third-order valence-electron chi connectivity index (χ3n) is 1.66. The van der Waals surface area contributed by atoms with Crippen molar-refractivity contribution in [3.8, 4) is 18.1 Å². The molecule has 0 amide bonds. The Morgan fingerprint density at radius 3 is 2.93 bits per heavy atom. The lowest BCUT2D eigenvalue weighted by atomic mass is 10.2. The number of rotatable bonds is 3. The zero-order valence-corrected chi connectivity index (χ0v) is 8.88. The summed E-state index contributed by atoms with van der Waals surface area (Å²) in [6.07, 6.45) is 5.05. The molecule has 0 heterocycles. The quantitative estimate of drug-likeness (QED) is 0.583. The Bertz CT molecular complexity index is 407. The molecule has 0 aromatic heterocycles. The minimum absolute atomic E-state index is 0.0889. The zero-order chi connectivity index (χ0) is 11.3. The van der Waals surface area contributed by atoms with Gasteiger partial charge in [0.25, 0.3) is 0 Å². The summed E-state index contributed by atoms with van der Waals surface area (Å²) < 4.78 is 9.75. The molecule has 1 rings (SSSR count). The van der Waals surface area contributed by atoms with Gasteiger partial charge in [0.2, 0.25) is 0 Å². The van der Waals surface area contributed by atoms with Crippen molar-refractivity contribution in [2.45, 2.75) is 0 Å². The summed E-state index contributed by atoms with van der Waals surface area (Å²) in [5.41, 5.74) is 0.264. The third kappa shape index (κ3) is 2.90. The third-order valence-corrected chi connectivity index (χ3v) is 1.89. The zero-order valence-electron chi connectivity index (χ0n) is 8.12. The Morgan fingerprint density at radius 2 is 2.33 bits per heavy atom. The number of methoxy groups -OCH3 is 1. The Morgan fingerprint density at radius 1 is 1.60 bits per heavy atom. The van der Waals surface area contributed by atoms with Gasteiger partial charge in [-0.05, 0) is 18.2 Å². The molecule has 3 nitrogen and oxygen atoms in total. The van der Waals surface area contributed by atoms with Crippen LogP contribution in [-0.4, -0.2) is 19.7 Å². The van der Waals surface area contributed by atoms with E-state index in [0.717, 1.165) is 0 Å². The van der Waals surface area contributed by atoms with Gasteiger partial charge in [-0.2, -0.15) is 0 Å². The predicted octanol–water partition coefficient (Wildman–Crippen LogP) is 2.14. The van der Waals surface area contributed by atoms with E-state index >= 15 is 0 Å². The van der Waals surface area contributed by atoms with Crippen molar-refractivity contribution in [2.75, 3.05) is 13.7 Å². The molecule has 0 N–H and O–H groups in total. The number of hydrogen-bond acceptors (Lipinski definition) is 3. The molecule has 0 radical (unpaired) electrons. The van der Waals surface area contributed by atoms with Crippen molar-refractivity contribution < 1.29 is 14.3 Å². The van der Waals surface area contributed by atoms with Crippen LogP contribution in [0.15, 0.2) is 18.2 Å². The standard InChI is InChI=1S/C11H9ClO3/c1-3-6-15-10-5-4-8(12)7-9(10)11(13)14-2/h1,4-5,7H,6H2,2H3. The summed E-state index contributed by atoms with van der Waals surface area (Å²) in [5.74, 6) is 2.16. The lowest BCUT2D eigenvalue weighted by Crippen LogP contribution is -2.05. The molecule has 78 valence electrons. The number of ether oxygens (including phenoxy) is 2. The number of carbonyl (C=O) groups excluding carboxylic acids is 1. The van der Waals surface area contributed by atoms with Gasteiger partial charge in [-0.3, -0.25) is 0 Å². The molecule has 15 heavy (non-hydrogen) atoms. The van der Waals surface area contributed by atoms with Crippen LogP contribution in [0.5, 0.6) is 5.75 Å². The minimum atomic E-state index is -0.510. The summed E-state index contributed by atoms with van der Waals surface area (Å²) in [4.78, 5) is 11.3. The van der Waals surface area contributed by atoms with Gasteiger partial charge in [0, 0.05) is 5.02 Å². The van der Waals surface area contributed by atoms with Gasteiger partial charge in [-0.15, -0.1) is 6.42 Å². The topological polar surface area (TPSA) is 35.5 Å². The first-order chi connectivity index (χ1) is 7.19. The predicted molar refractivity (Wildman–Crippen MR) is 57.1 cm³/mol. The highest BCUT2D eigenvalue weighted by molar-refractivity contribution is 6.31. The highest BCUT2D eigenvalue weighted by Gasteiger charge is 2.13. The number of carbonyl (C=O) groups is 1. The van der Waals surface area contributed by atoms with Crippen LogP contribution in [0.25, 0.3) is 0 Å². The van der Waals surface area contributed by atoms with Crippen LogP contribution in [-0.2, 0) is 4.74 Å². The van der Waals surface area contributed by atoms with Gasteiger partial charge < -0.3 is 9.47 Å². The highest BCUT2D eigenvalue weighted by atomic mass is 35.5. The van der Waals surface area contributed by atoms with E-state index in [9.17, 15) is 4.79 Å². The maximum atomic E-state index is 11.3. The lowest BCUT2D eigenvalue weighted by molar-refractivity contribution is 0.0596. The van der Waals surface area contributed by atoms with Crippen molar-refractivity contribution in [2.24, 2.45) is 0 Å². The summed E-state index contributed by atoms with van der Waals surface area (Å²) in [5, 5.41) is 0.434. The number of benzene rings is 1. The Kier molecular flexibility index (Phi) is 4.02. The number of terminal acetylenes is 1. The molecule has 0 fully saturated rings. The van der Waals surface area contributed by atoms with E-state index < -0.39 is 5.97 Å². The molecule has 0 aliphatic rings. The van der Waals surface area contributed by atoms with Crippen molar-refractivity contribution in [1.82, 2.24) is 0 Å². The van der Waals surface area contributed by atoms with Gasteiger partial charge in [0.15, 0.2) is 0 Å². The van der Waals surface area contributed by atoms with Gasteiger partial charge in [0.05, 0.1) is 7.11 Å². The van der Waals surface area contributed by atoms with Gasteiger partial charge in [0.1, 0.15) is 17.9 Å². The van der Waals surface area contributed by atoms with E-state index in [1.807, 2.05) is 0 Å². The molecule has 0 bridgehead atoms. The Hall–Kier alpha value is -1.66. The summed E-state index contributed by atoms with van der Waals surface area (Å²) in [7, 11) is 1.29. The van der Waals surface area contributed by atoms with Crippen molar-refractivity contribution in [3.63, 3.8) is 0 Å². The van der Waals surface area contributed by atoms with E-state index in [1.54, 1.807) is 12.1 Å². The molecule has 0 aliphatic heterocycles. The van der Waals surface area contributed by atoms with Gasteiger partial charge in [-0.25, -0.2) is 4.79 Å². The molecular formula is C11H9ClO3. The first-order valence-corrected chi connectivity index (χ1v) is 4.51. The number of esters is 1. The fraction of sp³-hybridized carbons (Fsp3) is 0.182. The second-order valence-electron chi connectivity index (χ2n) is 2.62. The largest absolute Gasteiger partial charge is 0.480 e. The van der Waals surface area contributed by atoms with Crippen LogP contribution in [0.1, 0.15) is 10.4 Å². The molecule has 0 spiro atoms. The molecule has 0 atom stereocenters. The van der Waals surface area contributed by atoms with Crippen LogP contribution in [0.2, 0.25) is 5.02 Å². The molecule has 0 aliphatic carbocycles.